The Labute approximate surface area is 234 Å². The monoisotopic (exact) mass is 587 g/mol. The Morgan fingerprint density at radius 3 is 2.27 bits per heavy atom. The smallest absolute Gasteiger partial charge is 0.244 e. The van der Waals surface area contributed by atoms with E-state index in [1.807, 2.05) is 6.92 Å². The number of anilines is 1. The van der Waals surface area contributed by atoms with E-state index in [1.54, 1.807) is 36.4 Å². The van der Waals surface area contributed by atoms with Crippen LogP contribution in [0.5, 0.6) is 0 Å². The van der Waals surface area contributed by atoms with Crippen molar-refractivity contribution in [2.45, 2.75) is 64.1 Å². The molecule has 2 aromatic rings. The van der Waals surface area contributed by atoms with E-state index in [-0.39, 0.29) is 29.2 Å². The lowest BCUT2D eigenvalue weighted by molar-refractivity contribution is -0.140. The molecule has 2 aromatic carbocycles. The Kier molecular flexibility index (Phi) is 10.5. The van der Waals surface area contributed by atoms with E-state index < -0.39 is 28.5 Å². The highest BCUT2D eigenvalue weighted by Gasteiger charge is 2.33. The first-order valence-electron chi connectivity index (χ1n) is 12.3. The number of carbonyl (C=O) groups is 2. The molecule has 1 saturated carbocycles. The standard InChI is InChI=1S/C26H32Cl3N3O4S/c1-3-23(26(34)30-19-9-5-4-6-10-19)31(16-18-13-14-20(27)22(29)15-18)25(33)17-32(37(2,35)36)24-12-8-7-11-21(24)28/h7-8,11-15,19,23H,3-6,9-10,16-17H2,1-2H3,(H,30,34)/t23-/m0/s1. The minimum atomic E-state index is -3.87. The van der Waals surface area contributed by atoms with Gasteiger partial charge in [-0.05, 0) is 49.1 Å². The molecule has 3 rings (SSSR count). The second kappa shape index (κ2) is 13.2. The fraction of sp³-hybridized carbons (Fsp3) is 0.462. The van der Waals surface area contributed by atoms with Crippen molar-refractivity contribution < 1.29 is 18.0 Å². The number of hydrogen-bond acceptors (Lipinski definition) is 4. The lowest BCUT2D eigenvalue weighted by atomic mass is 9.95. The zero-order valence-corrected chi connectivity index (χ0v) is 24.0. The molecule has 37 heavy (non-hydrogen) atoms. The van der Waals surface area contributed by atoms with Crippen LogP contribution in [0.15, 0.2) is 42.5 Å². The molecule has 1 aliphatic rings. The normalized spacial score (nSPS) is 15.2. The SMILES string of the molecule is CC[C@@H](C(=O)NC1CCCCC1)N(Cc1ccc(Cl)c(Cl)c1)C(=O)CN(c1ccccc1Cl)S(C)(=O)=O. The van der Waals surface area contributed by atoms with Crippen LogP contribution < -0.4 is 9.62 Å². The summed E-state index contributed by atoms with van der Waals surface area (Å²) in [7, 11) is -3.87. The Hall–Kier alpha value is -2.00. The Balaban J connectivity index is 1.94. The van der Waals surface area contributed by atoms with Gasteiger partial charge in [0.1, 0.15) is 12.6 Å². The van der Waals surface area contributed by atoms with E-state index in [4.69, 9.17) is 34.8 Å². The van der Waals surface area contributed by atoms with E-state index in [0.717, 1.165) is 42.7 Å². The summed E-state index contributed by atoms with van der Waals surface area (Å²) >= 11 is 18.6. The summed E-state index contributed by atoms with van der Waals surface area (Å²) in [5.74, 6) is -0.798. The molecule has 7 nitrogen and oxygen atoms in total. The van der Waals surface area contributed by atoms with Crippen LogP contribution in [0.3, 0.4) is 0 Å². The summed E-state index contributed by atoms with van der Waals surface area (Å²) in [6.07, 6.45) is 6.41. The molecule has 0 saturated heterocycles. The van der Waals surface area contributed by atoms with Crippen LogP contribution in [-0.2, 0) is 26.2 Å². The molecule has 0 heterocycles. The average Bonchev–Trinajstić information content (AvgIpc) is 2.85. The first-order valence-corrected chi connectivity index (χ1v) is 15.3. The lowest BCUT2D eigenvalue weighted by Crippen LogP contribution is -2.54. The molecular formula is C26H32Cl3N3O4S. The highest BCUT2D eigenvalue weighted by atomic mass is 35.5. The number of amides is 2. The van der Waals surface area contributed by atoms with Crippen LogP contribution in [0.2, 0.25) is 15.1 Å². The summed E-state index contributed by atoms with van der Waals surface area (Å²) in [5.41, 5.74) is 0.851. The molecule has 0 radical (unpaired) electrons. The first-order chi connectivity index (χ1) is 17.5. The van der Waals surface area contributed by atoms with E-state index in [9.17, 15) is 18.0 Å². The Morgan fingerprint density at radius 1 is 1.00 bits per heavy atom. The number of para-hydroxylation sites is 1. The van der Waals surface area contributed by atoms with Crippen molar-refractivity contribution in [2.75, 3.05) is 17.1 Å². The third kappa shape index (κ3) is 7.99. The third-order valence-corrected chi connectivity index (χ3v) is 8.66. The molecule has 1 fully saturated rings. The van der Waals surface area contributed by atoms with Crippen molar-refractivity contribution in [1.82, 2.24) is 10.2 Å². The van der Waals surface area contributed by atoms with Gasteiger partial charge in [0.15, 0.2) is 0 Å². The van der Waals surface area contributed by atoms with Crippen molar-refractivity contribution in [1.29, 1.82) is 0 Å². The quantitative estimate of drug-likeness (QED) is 0.388. The summed E-state index contributed by atoms with van der Waals surface area (Å²) < 4.78 is 26.4. The molecule has 0 aromatic heterocycles. The van der Waals surface area contributed by atoms with Gasteiger partial charge in [0.25, 0.3) is 0 Å². The molecular weight excluding hydrogens is 557 g/mol. The minimum absolute atomic E-state index is 0.0481. The van der Waals surface area contributed by atoms with Gasteiger partial charge >= 0.3 is 0 Å². The van der Waals surface area contributed by atoms with Gasteiger partial charge in [0, 0.05) is 12.6 Å². The topological polar surface area (TPSA) is 86.8 Å². The maximum Gasteiger partial charge on any atom is 0.244 e. The molecule has 0 aliphatic heterocycles. The van der Waals surface area contributed by atoms with Gasteiger partial charge in [0.05, 0.1) is 27.0 Å². The molecule has 2 amide bonds. The van der Waals surface area contributed by atoms with Crippen molar-refractivity contribution in [3.63, 3.8) is 0 Å². The van der Waals surface area contributed by atoms with Crippen LogP contribution in [0.4, 0.5) is 5.69 Å². The zero-order chi connectivity index (χ0) is 27.2. The first kappa shape index (κ1) is 29.6. The minimum Gasteiger partial charge on any atom is -0.352 e. The molecule has 11 heteroatoms. The number of nitrogens with one attached hydrogen (secondary N) is 1. The largest absolute Gasteiger partial charge is 0.352 e. The van der Waals surface area contributed by atoms with Gasteiger partial charge < -0.3 is 10.2 Å². The molecule has 1 aliphatic carbocycles. The van der Waals surface area contributed by atoms with Gasteiger partial charge in [-0.1, -0.05) is 79.2 Å². The predicted molar refractivity (Wildman–Crippen MR) is 150 cm³/mol. The van der Waals surface area contributed by atoms with Crippen molar-refractivity contribution in [3.05, 3.63) is 63.1 Å². The third-order valence-electron chi connectivity index (χ3n) is 6.47. The van der Waals surface area contributed by atoms with E-state index in [2.05, 4.69) is 5.32 Å². The van der Waals surface area contributed by atoms with E-state index in [0.29, 0.717) is 22.0 Å². The van der Waals surface area contributed by atoms with Gasteiger partial charge in [-0.25, -0.2) is 8.42 Å². The van der Waals surface area contributed by atoms with Crippen molar-refractivity contribution >= 4 is 62.3 Å². The van der Waals surface area contributed by atoms with Crippen LogP contribution in [0, 0.1) is 0 Å². The fourth-order valence-corrected chi connectivity index (χ4v) is 6.02. The second-order valence-electron chi connectivity index (χ2n) is 9.26. The van der Waals surface area contributed by atoms with E-state index in [1.165, 1.54) is 11.0 Å². The maximum atomic E-state index is 13.8. The second-order valence-corrected chi connectivity index (χ2v) is 12.4. The zero-order valence-electron chi connectivity index (χ0n) is 20.9. The number of halogens is 3. The lowest BCUT2D eigenvalue weighted by Gasteiger charge is -2.34. The van der Waals surface area contributed by atoms with Crippen LogP contribution in [0.1, 0.15) is 51.0 Å². The molecule has 1 N–H and O–H groups in total. The summed E-state index contributed by atoms with van der Waals surface area (Å²) in [5, 5.41) is 3.98. The number of carbonyl (C=O) groups excluding carboxylic acids is 2. The number of sulfonamides is 1. The highest BCUT2D eigenvalue weighted by molar-refractivity contribution is 7.92. The predicted octanol–water partition coefficient (Wildman–Crippen LogP) is 5.67. The van der Waals surface area contributed by atoms with E-state index >= 15 is 0 Å². The van der Waals surface area contributed by atoms with Crippen molar-refractivity contribution in [2.24, 2.45) is 0 Å². The fourth-order valence-electron chi connectivity index (χ4n) is 4.55. The molecule has 1 atom stereocenters. The number of rotatable bonds is 10. The van der Waals surface area contributed by atoms with Gasteiger partial charge in [-0.2, -0.15) is 0 Å². The summed E-state index contributed by atoms with van der Waals surface area (Å²) in [4.78, 5) is 28.6. The number of benzene rings is 2. The maximum absolute atomic E-state index is 13.8. The number of hydrogen-bond donors (Lipinski definition) is 1. The van der Waals surface area contributed by atoms with Crippen LogP contribution >= 0.6 is 34.8 Å². The van der Waals surface area contributed by atoms with Gasteiger partial charge in [-0.15, -0.1) is 0 Å². The number of nitrogens with zero attached hydrogens (tertiary/aromatic N) is 2. The summed E-state index contributed by atoms with van der Waals surface area (Å²) in [6.45, 7) is 1.35. The highest BCUT2D eigenvalue weighted by Crippen LogP contribution is 2.28. The average molecular weight is 589 g/mol. The summed E-state index contributed by atoms with van der Waals surface area (Å²) in [6, 6.07) is 10.6. The van der Waals surface area contributed by atoms with Gasteiger partial charge in [0.2, 0.25) is 21.8 Å². The molecule has 0 unspecified atom stereocenters. The van der Waals surface area contributed by atoms with Crippen LogP contribution in [0.25, 0.3) is 0 Å². The molecule has 0 spiro atoms. The van der Waals surface area contributed by atoms with Crippen LogP contribution in [-0.4, -0.2) is 50.0 Å². The Morgan fingerprint density at radius 2 is 1.68 bits per heavy atom. The Bertz CT molecular complexity index is 1220. The van der Waals surface area contributed by atoms with Gasteiger partial charge in [-0.3, -0.25) is 13.9 Å². The molecule has 202 valence electrons. The van der Waals surface area contributed by atoms with Crippen molar-refractivity contribution in [3.8, 4) is 0 Å². The molecule has 0 bridgehead atoms.